The SMILES string of the molecule is O=C(NC[C@@H]1CCCO1)[C@H]1CCCN(C(=O)c2cccc(NS(=O)(=O)c3ccccc3)c2)C1. The average Bonchev–Trinajstić information content (AvgIpc) is 3.36. The highest BCUT2D eigenvalue weighted by atomic mass is 32.2. The lowest BCUT2D eigenvalue weighted by Gasteiger charge is -2.32. The number of nitrogens with zero attached hydrogens (tertiary/aromatic N) is 1. The van der Waals surface area contributed by atoms with Gasteiger partial charge in [0.2, 0.25) is 5.91 Å². The lowest BCUT2D eigenvalue weighted by molar-refractivity contribution is -0.126. The lowest BCUT2D eigenvalue weighted by Crippen LogP contribution is -2.46. The Balaban J connectivity index is 1.38. The quantitative estimate of drug-likeness (QED) is 0.646. The van der Waals surface area contributed by atoms with Crippen LogP contribution in [-0.2, 0) is 19.6 Å². The number of hydrogen-bond donors (Lipinski definition) is 2. The highest BCUT2D eigenvalue weighted by molar-refractivity contribution is 7.92. The first-order chi connectivity index (χ1) is 15.9. The molecule has 8 nitrogen and oxygen atoms in total. The van der Waals surface area contributed by atoms with Crippen LogP contribution in [0.5, 0.6) is 0 Å². The maximum Gasteiger partial charge on any atom is 0.261 e. The van der Waals surface area contributed by atoms with Crippen molar-refractivity contribution in [2.24, 2.45) is 5.92 Å². The van der Waals surface area contributed by atoms with Gasteiger partial charge < -0.3 is 15.0 Å². The summed E-state index contributed by atoms with van der Waals surface area (Å²) in [5.41, 5.74) is 0.691. The van der Waals surface area contributed by atoms with Gasteiger partial charge in [0.1, 0.15) is 0 Å². The summed E-state index contributed by atoms with van der Waals surface area (Å²) in [6.45, 7) is 2.16. The van der Waals surface area contributed by atoms with Crippen molar-refractivity contribution in [2.75, 3.05) is 31.0 Å². The van der Waals surface area contributed by atoms with E-state index in [2.05, 4.69) is 10.0 Å². The Bertz CT molecular complexity index is 1080. The number of amides is 2. The van der Waals surface area contributed by atoms with E-state index in [0.717, 1.165) is 32.3 Å². The molecule has 2 fully saturated rings. The average molecular weight is 472 g/mol. The molecule has 2 aliphatic rings. The summed E-state index contributed by atoms with van der Waals surface area (Å²) < 4.78 is 33.3. The van der Waals surface area contributed by atoms with Gasteiger partial charge >= 0.3 is 0 Å². The van der Waals surface area contributed by atoms with E-state index in [-0.39, 0.29) is 28.7 Å². The van der Waals surface area contributed by atoms with Gasteiger partial charge in [0.15, 0.2) is 0 Å². The van der Waals surface area contributed by atoms with Crippen LogP contribution in [0.4, 0.5) is 5.69 Å². The molecule has 2 amide bonds. The van der Waals surface area contributed by atoms with Crippen LogP contribution in [-0.4, -0.2) is 57.5 Å². The standard InChI is InChI=1S/C24H29N3O5S/c28-23(25-16-21-10-6-14-32-21)19-8-5-13-27(17-19)24(29)18-7-4-9-20(15-18)26-33(30,31)22-11-2-1-3-12-22/h1-4,7,9,11-12,15,19,21,26H,5-6,8,10,13-14,16-17H2,(H,25,28)/t19-,21-/m0/s1. The van der Waals surface area contributed by atoms with Gasteiger partial charge in [0, 0.05) is 37.5 Å². The zero-order valence-electron chi connectivity index (χ0n) is 18.4. The molecule has 0 saturated carbocycles. The molecule has 2 aliphatic heterocycles. The topological polar surface area (TPSA) is 105 Å². The van der Waals surface area contributed by atoms with Gasteiger partial charge in [-0.3, -0.25) is 14.3 Å². The third-order valence-electron chi connectivity index (χ3n) is 6.02. The summed E-state index contributed by atoms with van der Waals surface area (Å²) in [4.78, 5) is 27.6. The molecule has 2 saturated heterocycles. The first-order valence-electron chi connectivity index (χ1n) is 11.3. The van der Waals surface area contributed by atoms with Crippen molar-refractivity contribution in [1.29, 1.82) is 0 Å². The summed E-state index contributed by atoms with van der Waals surface area (Å²) >= 11 is 0. The van der Waals surface area contributed by atoms with E-state index >= 15 is 0 Å². The zero-order valence-corrected chi connectivity index (χ0v) is 19.2. The molecule has 2 atom stereocenters. The highest BCUT2D eigenvalue weighted by Crippen LogP contribution is 2.22. The molecule has 0 aromatic heterocycles. The second-order valence-electron chi connectivity index (χ2n) is 8.47. The van der Waals surface area contributed by atoms with Crippen molar-refractivity contribution in [2.45, 2.75) is 36.7 Å². The molecule has 0 bridgehead atoms. The fourth-order valence-electron chi connectivity index (χ4n) is 4.25. The number of benzene rings is 2. The Morgan fingerprint density at radius 3 is 2.61 bits per heavy atom. The monoisotopic (exact) mass is 471 g/mol. The van der Waals surface area contributed by atoms with Crippen molar-refractivity contribution in [3.8, 4) is 0 Å². The van der Waals surface area contributed by atoms with Crippen LogP contribution in [0.2, 0.25) is 0 Å². The normalized spacial score (nSPS) is 20.9. The minimum absolute atomic E-state index is 0.0487. The van der Waals surface area contributed by atoms with Crippen LogP contribution >= 0.6 is 0 Å². The summed E-state index contributed by atoms with van der Waals surface area (Å²) in [7, 11) is -3.75. The van der Waals surface area contributed by atoms with Gasteiger partial charge in [-0.1, -0.05) is 24.3 Å². The number of sulfonamides is 1. The van der Waals surface area contributed by atoms with E-state index in [0.29, 0.717) is 30.9 Å². The van der Waals surface area contributed by atoms with Crippen LogP contribution < -0.4 is 10.0 Å². The Labute approximate surface area is 194 Å². The van der Waals surface area contributed by atoms with E-state index < -0.39 is 10.0 Å². The van der Waals surface area contributed by atoms with E-state index in [1.807, 2.05) is 0 Å². The summed E-state index contributed by atoms with van der Waals surface area (Å²) in [5, 5.41) is 2.97. The van der Waals surface area contributed by atoms with E-state index in [1.165, 1.54) is 18.2 Å². The Morgan fingerprint density at radius 1 is 1.03 bits per heavy atom. The second-order valence-corrected chi connectivity index (χ2v) is 10.2. The van der Waals surface area contributed by atoms with Crippen LogP contribution in [0.1, 0.15) is 36.0 Å². The number of rotatable bonds is 7. The fourth-order valence-corrected chi connectivity index (χ4v) is 5.32. The number of likely N-dealkylation sites (tertiary alicyclic amines) is 1. The third-order valence-corrected chi connectivity index (χ3v) is 7.42. The van der Waals surface area contributed by atoms with Crippen LogP contribution in [0, 0.1) is 5.92 Å². The summed E-state index contributed by atoms with van der Waals surface area (Å²) in [6.07, 6.45) is 3.53. The van der Waals surface area contributed by atoms with Gasteiger partial charge in [-0.15, -0.1) is 0 Å². The van der Waals surface area contributed by atoms with E-state index in [1.54, 1.807) is 41.3 Å². The van der Waals surface area contributed by atoms with Crippen molar-refractivity contribution in [3.63, 3.8) is 0 Å². The van der Waals surface area contributed by atoms with E-state index in [4.69, 9.17) is 4.74 Å². The van der Waals surface area contributed by atoms with Gasteiger partial charge in [0.25, 0.3) is 15.9 Å². The van der Waals surface area contributed by atoms with Crippen LogP contribution in [0.15, 0.2) is 59.5 Å². The number of carbonyl (C=O) groups excluding carboxylic acids is 2. The van der Waals surface area contributed by atoms with E-state index in [9.17, 15) is 18.0 Å². The molecule has 0 spiro atoms. The fraction of sp³-hybridized carbons (Fsp3) is 0.417. The number of ether oxygens (including phenoxy) is 1. The minimum atomic E-state index is -3.75. The van der Waals surface area contributed by atoms with Crippen LogP contribution in [0.3, 0.4) is 0 Å². The Hall–Kier alpha value is -2.91. The Kier molecular flexibility index (Phi) is 7.29. The molecule has 0 aliphatic carbocycles. The molecule has 2 aromatic rings. The highest BCUT2D eigenvalue weighted by Gasteiger charge is 2.29. The third kappa shape index (κ3) is 5.91. The molecule has 176 valence electrons. The molecule has 0 unspecified atom stereocenters. The molecule has 2 N–H and O–H groups in total. The molecular formula is C24H29N3O5S. The van der Waals surface area contributed by atoms with Crippen molar-refractivity contribution < 1.29 is 22.7 Å². The van der Waals surface area contributed by atoms with Crippen molar-refractivity contribution in [3.05, 3.63) is 60.2 Å². The maximum atomic E-state index is 13.1. The molecular weight excluding hydrogens is 442 g/mol. The minimum Gasteiger partial charge on any atom is -0.376 e. The predicted octanol–water partition coefficient (Wildman–Crippen LogP) is 2.63. The number of carbonyl (C=O) groups is 2. The summed E-state index contributed by atoms with van der Waals surface area (Å²) in [5.74, 6) is -0.524. The predicted molar refractivity (Wildman–Crippen MR) is 124 cm³/mol. The second kappa shape index (κ2) is 10.4. The summed E-state index contributed by atoms with van der Waals surface area (Å²) in [6, 6.07) is 14.5. The molecule has 0 radical (unpaired) electrons. The number of hydrogen-bond acceptors (Lipinski definition) is 5. The van der Waals surface area contributed by atoms with Gasteiger partial charge in [-0.05, 0) is 56.0 Å². The van der Waals surface area contributed by atoms with Crippen molar-refractivity contribution in [1.82, 2.24) is 10.2 Å². The number of piperidine rings is 1. The van der Waals surface area contributed by atoms with Gasteiger partial charge in [-0.25, -0.2) is 8.42 Å². The van der Waals surface area contributed by atoms with Crippen LogP contribution in [0.25, 0.3) is 0 Å². The largest absolute Gasteiger partial charge is 0.376 e. The van der Waals surface area contributed by atoms with Crippen molar-refractivity contribution >= 4 is 27.5 Å². The molecule has 4 rings (SSSR count). The number of anilines is 1. The maximum absolute atomic E-state index is 13.1. The molecule has 2 aromatic carbocycles. The molecule has 2 heterocycles. The first kappa shape index (κ1) is 23.3. The first-order valence-corrected chi connectivity index (χ1v) is 12.8. The molecule has 9 heteroatoms. The number of nitrogens with one attached hydrogen (secondary N) is 2. The smallest absolute Gasteiger partial charge is 0.261 e. The lowest BCUT2D eigenvalue weighted by atomic mass is 9.96. The van der Waals surface area contributed by atoms with Gasteiger partial charge in [-0.2, -0.15) is 0 Å². The Morgan fingerprint density at radius 2 is 1.85 bits per heavy atom. The molecule has 33 heavy (non-hydrogen) atoms. The van der Waals surface area contributed by atoms with Gasteiger partial charge in [0.05, 0.1) is 16.9 Å². The zero-order chi connectivity index (χ0) is 23.3.